The minimum absolute atomic E-state index is 0.0274. The van der Waals surface area contributed by atoms with Crippen LogP contribution in [0.2, 0.25) is 10.0 Å². The Bertz CT molecular complexity index is 727. The molecule has 0 bridgehead atoms. The number of carboxylic acid groups (broad SMARTS) is 1. The second-order valence-corrected chi connectivity index (χ2v) is 7.79. The molecule has 0 amide bonds. The van der Waals surface area contributed by atoms with Crippen LogP contribution in [0.5, 0.6) is 0 Å². The van der Waals surface area contributed by atoms with Gasteiger partial charge in [0.1, 0.15) is 12.1 Å². The van der Waals surface area contributed by atoms with Crippen LogP contribution in [0.25, 0.3) is 5.57 Å². The summed E-state index contributed by atoms with van der Waals surface area (Å²) < 4.78 is 0. The summed E-state index contributed by atoms with van der Waals surface area (Å²) in [5.74, 6) is -0.695. The number of aldehydes is 1. The van der Waals surface area contributed by atoms with Crippen molar-refractivity contribution in [2.45, 2.75) is 51.4 Å². The van der Waals surface area contributed by atoms with Crippen molar-refractivity contribution in [1.29, 1.82) is 0 Å². The smallest absolute Gasteiger partial charge is 0.303 e. The number of ketones is 1. The SMILES string of the molecule is O=C/C=C(/c1ccc(Cl)cc1Cl)C1CCC(=O)C1CCCCCCC(=O)O. The second kappa shape index (κ2) is 10.6. The fraction of sp³-hybridized carbons (Fsp3) is 0.476. The lowest BCUT2D eigenvalue weighted by Gasteiger charge is -2.22. The molecule has 2 unspecified atom stereocenters. The number of benzene rings is 1. The molecule has 0 spiro atoms. The third kappa shape index (κ3) is 6.18. The number of carboxylic acids is 1. The van der Waals surface area contributed by atoms with E-state index in [-0.39, 0.29) is 24.0 Å². The van der Waals surface area contributed by atoms with E-state index in [1.807, 2.05) is 0 Å². The molecule has 146 valence electrons. The van der Waals surface area contributed by atoms with E-state index < -0.39 is 5.97 Å². The number of rotatable bonds is 10. The van der Waals surface area contributed by atoms with Crippen LogP contribution in [0, 0.1) is 11.8 Å². The van der Waals surface area contributed by atoms with Gasteiger partial charge in [0.05, 0.1) is 0 Å². The lowest BCUT2D eigenvalue weighted by atomic mass is 9.81. The van der Waals surface area contributed by atoms with E-state index in [0.29, 0.717) is 29.3 Å². The molecule has 2 rings (SSSR count). The fourth-order valence-corrected chi connectivity index (χ4v) is 4.36. The molecule has 0 aliphatic heterocycles. The van der Waals surface area contributed by atoms with Crippen LogP contribution in [0.3, 0.4) is 0 Å². The molecule has 0 heterocycles. The molecule has 0 radical (unpaired) electrons. The molecule has 4 nitrogen and oxygen atoms in total. The van der Waals surface area contributed by atoms with Gasteiger partial charge in [-0.2, -0.15) is 0 Å². The van der Waals surface area contributed by atoms with Crippen molar-refractivity contribution in [1.82, 2.24) is 0 Å². The Morgan fingerprint density at radius 2 is 1.93 bits per heavy atom. The maximum Gasteiger partial charge on any atom is 0.303 e. The molecule has 1 saturated carbocycles. The van der Waals surface area contributed by atoms with E-state index in [1.165, 1.54) is 6.08 Å². The van der Waals surface area contributed by atoms with Gasteiger partial charge in [-0.15, -0.1) is 0 Å². The summed E-state index contributed by atoms with van der Waals surface area (Å²) in [7, 11) is 0. The van der Waals surface area contributed by atoms with Crippen molar-refractivity contribution in [3.63, 3.8) is 0 Å². The predicted octanol–water partition coefficient (Wildman–Crippen LogP) is 5.60. The average molecular weight is 411 g/mol. The maximum absolute atomic E-state index is 12.4. The highest BCUT2D eigenvalue weighted by Gasteiger charge is 2.37. The largest absolute Gasteiger partial charge is 0.481 e. The zero-order valence-corrected chi connectivity index (χ0v) is 16.6. The molecular weight excluding hydrogens is 387 g/mol. The Morgan fingerprint density at radius 3 is 2.59 bits per heavy atom. The molecular formula is C21H24Cl2O4. The topological polar surface area (TPSA) is 71.4 Å². The molecule has 1 aromatic carbocycles. The first kappa shape index (κ1) is 21.6. The lowest BCUT2D eigenvalue weighted by Crippen LogP contribution is -2.16. The van der Waals surface area contributed by atoms with Gasteiger partial charge in [0, 0.05) is 28.8 Å². The summed E-state index contributed by atoms with van der Waals surface area (Å²) in [5, 5.41) is 9.67. The molecule has 1 aliphatic rings. The summed E-state index contributed by atoms with van der Waals surface area (Å²) in [6.07, 6.45) is 7.69. The highest BCUT2D eigenvalue weighted by Crippen LogP contribution is 2.43. The summed E-state index contributed by atoms with van der Waals surface area (Å²) in [6.45, 7) is 0. The van der Waals surface area contributed by atoms with E-state index in [4.69, 9.17) is 28.3 Å². The van der Waals surface area contributed by atoms with Gasteiger partial charge in [0.25, 0.3) is 0 Å². The quantitative estimate of drug-likeness (QED) is 0.309. The standard InChI is InChI=1S/C21H24Cl2O4/c22-14-7-8-17(19(23)13-14)16(11-12-24)15-9-10-20(25)18(15)5-3-1-2-4-6-21(26)27/h7-8,11-13,15,18H,1-6,9-10H2,(H,26,27)/b16-11+. The van der Waals surface area contributed by atoms with Crippen LogP contribution in [0.15, 0.2) is 24.3 Å². The van der Waals surface area contributed by atoms with E-state index in [0.717, 1.165) is 43.1 Å². The first-order chi connectivity index (χ1) is 12.9. The van der Waals surface area contributed by atoms with Crippen molar-refractivity contribution in [2.24, 2.45) is 11.8 Å². The maximum atomic E-state index is 12.4. The van der Waals surface area contributed by atoms with E-state index >= 15 is 0 Å². The minimum atomic E-state index is -0.774. The molecule has 0 saturated heterocycles. The molecule has 0 aromatic heterocycles. The highest BCUT2D eigenvalue weighted by molar-refractivity contribution is 6.35. The lowest BCUT2D eigenvalue weighted by molar-refractivity contribution is -0.137. The van der Waals surface area contributed by atoms with Crippen molar-refractivity contribution in [2.75, 3.05) is 0 Å². The van der Waals surface area contributed by atoms with Crippen LogP contribution in [-0.2, 0) is 14.4 Å². The number of unbranched alkanes of at least 4 members (excludes halogenated alkanes) is 3. The van der Waals surface area contributed by atoms with Gasteiger partial charge < -0.3 is 5.11 Å². The third-order valence-electron chi connectivity index (χ3n) is 5.15. The molecule has 27 heavy (non-hydrogen) atoms. The van der Waals surface area contributed by atoms with Crippen molar-refractivity contribution >= 4 is 46.8 Å². The molecule has 2 atom stereocenters. The minimum Gasteiger partial charge on any atom is -0.481 e. The monoisotopic (exact) mass is 410 g/mol. The van der Waals surface area contributed by atoms with Crippen molar-refractivity contribution in [3.05, 3.63) is 39.9 Å². The van der Waals surface area contributed by atoms with Gasteiger partial charge in [-0.1, -0.05) is 48.5 Å². The number of hydrogen-bond acceptors (Lipinski definition) is 3. The first-order valence-corrected chi connectivity index (χ1v) is 10.0. The summed E-state index contributed by atoms with van der Waals surface area (Å²) in [6, 6.07) is 5.17. The van der Waals surface area contributed by atoms with Gasteiger partial charge in [-0.05, 0) is 54.5 Å². The summed E-state index contributed by atoms with van der Waals surface area (Å²) in [4.78, 5) is 34.2. The molecule has 1 fully saturated rings. The number of hydrogen-bond donors (Lipinski definition) is 1. The van der Waals surface area contributed by atoms with Crippen molar-refractivity contribution < 1.29 is 19.5 Å². The van der Waals surface area contributed by atoms with Gasteiger partial charge in [0.2, 0.25) is 0 Å². The van der Waals surface area contributed by atoms with E-state index in [2.05, 4.69) is 0 Å². The normalized spacial score (nSPS) is 20.1. The molecule has 1 aliphatic carbocycles. The number of halogens is 2. The van der Waals surface area contributed by atoms with Gasteiger partial charge in [-0.3, -0.25) is 14.4 Å². The van der Waals surface area contributed by atoms with E-state index in [9.17, 15) is 14.4 Å². The fourth-order valence-electron chi connectivity index (χ4n) is 3.85. The van der Waals surface area contributed by atoms with Crippen molar-refractivity contribution in [3.8, 4) is 0 Å². The number of Topliss-reactive ketones (excluding diaryl/α,β-unsaturated/α-hetero) is 1. The Labute approximate surface area is 169 Å². The van der Waals surface area contributed by atoms with Gasteiger partial charge in [0.15, 0.2) is 0 Å². The average Bonchev–Trinajstić information content (AvgIpc) is 2.97. The predicted molar refractivity (Wildman–Crippen MR) is 107 cm³/mol. The Morgan fingerprint density at radius 1 is 1.19 bits per heavy atom. The number of allylic oxidation sites excluding steroid dienone is 2. The van der Waals surface area contributed by atoms with Crippen LogP contribution >= 0.6 is 23.2 Å². The Hall–Kier alpha value is -1.65. The first-order valence-electron chi connectivity index (χ1n) is 9.29. The van der Waals surface area contributed by atoms with Gasteiger partial charge in [-0.25, -0.2) is 0 Å². The van der Waals surface area contributed by atoms with E-state index in [1.54, 1.807) is 18.2 Å². The third-order valence-corrected chi connectivity index (χ3v) is 5.69. The number of aliphatic carboxylic acids is 1. The van der Waals surface area contributed by atoms with Crippen LogP contribution in [0.1, 0.15) is 56.9 Å². The van der Waals surface area contributed by atoms with Crippen LogP contribution in [0.4, 0.5) is 0 Å². The van der Waals surface area contributed by atoms with Crippen LogP contribution < -0.4 is 0 Å². The Balaban J connectivity index is 2.06. The molecule has 1 aromatic rings. The Kier molecular flexibility index (Phi) is 8.52. The van der Waals surface area contributed by atoms with Crippen LogP contribution in [-0.4, -0.2) is 23.1 Å². The number of carbonyl (C=O) groups is 3. The molecule has 1 N–H and O–H groups in total. The zero-order chi connectivity index (χ0) is 19.8. The second-order valence-electron chi connectivity index (χ2n) is 6.95. The highest BCUT2D eigenvalue weighted by atomic mass is 35.5. The summed E-state index contributed by atoms with van der Waals surface area (Å²) >= 11 is 12.3. The van der Waals surface area contributed by atoms with Gasteiger partial charge >= 0.3 is 5.97 Å². The summed E-state index contributed by atoms with van der Waals surface area (Å²) in [5.41, 5.74) is 1.55. The zero-order valence-electron chi connectivity index (χ0n) is 15.1. The molecule has 6 heteroatoms. The number of carbonyl (C=O) groups excluding carboxylic acids is 2.